The number of hydrogen-bond acceptors (Lipinski definition) is 7. The maximum absolute atomic E-state index is 12.1. The van der Waals surface area contributed by atoms with Gasteiger partial charge in [-0.05, 0) is 38.1 Å². The van der Waals surface area contributed by atoms with Crippen LogP contribution in [0.25, 0.3) is 11.3 Å². The number of amides is 2. The van der Waals surface area contributed by atoms with E-state index in [9.17, 15) is 19.7 Å². The zero-order valence-corrected chi connectivity index (χ0v) is 18.0. The summed E-state index contributed by atoms with van der Waals surface area (Å²) in [6.07, 6.45) is 1.29. The minimum Gasteiger partial charge on any atom is -0.484 e. The predicted molar refractivity (Wildman–Crippen MR) is 121 cm³/mol. The Balaban J connectivity index is 1.51. The molecule has 170 valence electrons. The van der Waals surface area contributed by atoms with Gasteiger partial charge in [-0.3, -0.25) is 19.7 Å². The van der Waals surface area contributed by atoms with Crippen molar-refractivity contribution in [2.45, 2.75) is 19.9 Å². The van der Waals surface area contributed by atoms with Gasteiger partial charge in [-0.15, -0.1) is 0 Å². The van der Waals surface area contributed by atoms with Gasteiger partial charge in [0.25, 0.3) is 17.5 Å². The first-order valence-corrected chi connectivity index (χ1v) is 9.99. The Labute approximate surface area is 189 Å². The molecule has 0 spiro atoms. The number of benzene rings is 2. The zero-order chi connectivity index (χ0) is 23.8. The molecule has 3 rings (SSSR count). The second-order valence-electron chi connectivity index (χ2n) is 7.03. The number of ether oxygens (including phenoxy) is 1. The van der Waals surface area contributed by atoms with E-state index in [4.69, 9.17) is 9.15 Å². The van der Waals surface area contributed by atoms with Gasteiger partial charge in [0.15, 0.2) is 6.61 Å². The van der Waals surface area contributed by atoms with Crippen LogP contribution in [0.1, 0.15) is 18.2 Å². The van der Waals surface area contributed by atoms with E-state index >= 15 is 0 Å². The average molecular weight is 450 g/mol. The number of hydrogen-bond donors (Lipinski definition) is 2. The first-order chi connectivity index (χ1) is 15.8. The van der Waals surface area contributed by atoms with E-state index in [1.165, 1.54) is 19.2 Å². The van der Waals surface area contributed by atoms with Crippen LogP contribution in [-0.2, 0) is 9.59 Å². The molecule has 0 bridgehead atoms. The summed E-state index contributed by atoms with van der Waals surface area (Å²) in [6, 6.07) is 16.0. The van der Waals surface area contributed by atoms with Crippen LogP contribution in [0, 0.1) is 17.0 Å². The van der Waals surface area contributed by atoms with E-state index < -0.39 is 22.8 Å². The summed E-state index contributed by atoms with van der Waals surface area (Å²) >= 11 is 0. The summed E-state index contributed by atoms with van der Waals surface area (Å²) in [6.45, 7) is 2.93. The molecule has 0 radical (unpaired) electrons. The number of rotatable bonds is 9. The quantitative estimate of drug-likeness (QED) is 0.292. The van der Waals surface area contributed by atoms with E-state index in [-0.39, 0.29) is 12.3 Å². The fourth-order valence-corrected chi connectivity index (χ4v) is 2.93. The lowest BCUT2D eigenvalue weighted by atomic mass is 10.1. The number of nitro benzene ring substituents is 1. The Morgan fingerprint density at radius 1 is 1.15 bits per heavy atom. The molecular formula is C23H22N4O6. The number of furan rings is 1. The Morgan fingerprint density at radius 2 is 1.91 bits per heavy atom. The molecule has 1 atom stereocenters. The summed E-state index contributed by atoms with van der Waals surface area (Å²) in [5, 5.41) is 17.5. The topological polar surface area (TPSA) is 136 Å². The Kier molecular flexibility index (Phi) is 7.53. The number of para-hydroxylation sites is 1. The van der Waals surface area contributed by atoms with Crippen LogP contribution in [0.3, 0.4) is 0 Å². The largest absolute Gasteiger partial charge is 0.484 e. The molecule has 3 aromatic rings. The van der Waals surface area contributed by atoms with E-state index in [1.807, 2.05) is 6.07 Å². The van der Waals surface area contributed by atoms with Crippen molar-refractivity contribution in [3.05, 3.63) is 82.1 Å². The van der Waals surface area contributed by atoms with Crippen molar-refractivity contribution in [2.24, 2.45) is 5.10 Å². The standard InChI is InChI=1S/C23H22N4O6/c1-15-19(9-6-10-20(15)27(30)31)21-12-11-18(33-21)13-24-26-23(29)16(2)25-22(28)14-32-17-7-4-3-5-8-17/h3-13,16H,14H2,1-2H3,(H,25,28)(H,26,29)/b24-13-/t16-/m0/s1. The number of hydrazone groups is 1. The lowest BCUT2D eigenvalue weighted by Crippen LogP contribution is -2.45. The van der Waals surface area contributed by atoms with Gasteiger partial charge in [-0.2, -0.15) is 5.10 Å². The maximum Gasteiger partial charge on any atom is 0.273 e. The van der Waals surface area contributed by atoms with Crippen molar-refractivity contribution >= 4 is 23.7 Å². The molecule has 2 aromatic carbocycles. The lowest BCUT2D eigenvalue weighted by Gasteiger charge is -2.12. The molecular weight excluding hydrogens is 428 g/mol. The fourth-order valence-electron chi connectivity index (χ4n) is 2.93. The summed E-state index contributed by atoms with van der Waals surface area (Å²) in [4.78, 5) is 34.8. The van der Waals surface area contributed by atoms with Crippen LogP contribution >= 0.6 is 0 Å². The molecule has 1 aromatic heterocycles. The number of nitrogens with one attached hydrogen (secondary N) is 2. The summed E-state index contributed by atoms with van der Waals surface area (Å²) in [7, 11) is 0. The predicted octanol–water partition coefficient (Wildman–Crippen LogP) is 3.20. The van der Waals surface area contributed by atoms with Crippen LogP contribution < -0.4 is 15.5 Å². The molecule has 33 heavy (non-hydrogen) atoms. The van der Waals surface area contributed by atoms with Gasteiger partial charge in [-0.25, -0.2) is 5.43 Å². The van der Waals surface area contributed by atoms with Crippen molar-refractivity contribution in [3.63, 3.8) is 0 Å². The second-order valence-corrected chi connectivity index (χ2v) is 7.03. The summed E-state index contributed by atoms with van der Waals surface area (Å²) < 4.78 is 11.0. The number of carbonyl (C=O) groups is 2. The molecule has 10 nitrogen and oxygen atoms in total. The van der Waals surface area contributed by atoms with Crippen LogP contribution in [0.2, 0.25) is 0 Å². The van der Waals surface area contributed by atoms with Gasteiger partial charge >= 0.3 is 0 Å². The minimum atomic E-state index is -0.839. The highest BCUT2D eigenvalue weighted by atomic mass is 16.6. The monoisotopic (exact) mass is 450 g/mol. The first-order valence-electron chi connectivity index (χ1n) is 9.99. The normalized spacial score (nSPS) is 11.7. The van der Waals surface area contributed by atoms with Crippen molar-refractivity contribution in [1.82, 2.24) is 10.7 Å². The molecule has 0 fully saturated rings. The van der Waals surface area contributed by atoms with Gasteiger partial charge in [0.05, 0.1) is 11.1 Å². The third-order valence-corrected chi connectivity index (χ3v) is 4.64. The molecule has 10 heteroatoms. The highest BCUT2D eigenvalue weighted by Gasteiger charge is 2.17. The van der Waals surface area contributed by atoms with Crippen LogP contribution in [0.4, 0.5) is 5.69 Å². The first kappa shape index (κ1) is 23.2. The average Bonchev–Trinajstić information content (AvgIpc) is 3.26. The van der Waals surface area contributed by atoms with Crippen LogP contribution in [-0.4, -0.2) is 35.6 Å². The molecule has 0 saturated carbocycles. The van der Waals surface area contributed by atoms with E-state index in [1.54, 1.807) is 55.5 Å². The molecule has 0 saturated heterocycles. The molecule has 1 heterocycles. The van der Waals surface area contributed by atoms with Crippen molar-refractivity contribution in [2.75, 3.05) is 6.61 Å². The smallest absolute Gasteiger partial charge is 0.273 e. The van der Waals surface area contributed by atoms with Gasteiger partial charge in [0.2, 0.25) is 0 Å². The van der Waals surface area contributed by atoms with Gasteiger partial charge < -0.3 is 14.5 Å². The van der Waals surface area contributed by atoms with Gasteiger partial charge in [0.1, 0.15) is 23.3 Å². The SMILES string of the molecule is Cc1c(-c2ccc(/C=N\NC(=O)[C@H](C)NC(=O)COc3ccccc3)o2)cccc1[N+](=O)[O-]. The number of nitrogens with zero attached hydrogens (tertiary/aromatic N) is 2. The number of nitro groups is 1. The van der Waals surface area contributed by atoms with Crippen LogP contribution in [0.15, 0.2) is 70.2 Å². The molecule has 2 amide bonds. The van der Waals surface area contributed by atoms with Crippen LogP contribution in [0.5, 0.6) is 5.75 Å². The highest BCUT2D eigenvalue weighted by molar-refractivity contribution is 5.88. The summed E-state index contributed by atoms with van der Waals surface area (Å²) in [5.74, 6) is 0.341. The maximum atomic E-state index is 12.1. The number of carbonyl (C=O) groups excluding carboxylic acids is 2. The van der Waals surface area contributed by atoms with Gasteiger partial charge in [0, 0.05) is 17.2 Å². The van der Waals surface area contributed by atoms with E-state index in [0.717, 1.165) is 0 Å². The van der Waals surface area contributed by atoms with E-state index in [2.05, 4.69) is 15.8 Å². The molecule has 2 N–H and O–H groups in total. The Bertz CT molecular complexity index is 1170. The third-order valence-electron chi connectivity index (χ3n) is 4.64. The van der Waals surface area contributed by atoms with Gasteiger partial charge in [-0.1, -0.05) is 30.3 Å². The Hall–Kier alpha value is -4.47. The Morgan fingerprint density at radius 3 is 2.64 bits per heavy atom. The molecule has 0 aliphatic carbocycles. The van der Waals surface area contributed by atoms with Crippen molar-refractivity contribution in [3.8, 4) is 17.1 Å². The minimum absolute atomic E-state index is 0.00316. The van der Waals surface area contributed by atoms with Crippen molar-refractivity contribution in [1.29, 1.82) is 0 Å². The third kappa shape index (κ3) is 6.26. The zero-order valence-electron chi connectivity index (χ0n) is 18.0. The summed E-state index contributed by atoms with van der Waals surface area (Å²) in [5.41, 5.74) is 3.38. The van der Waals surface area contributed by atoms with E-state index in [0.29, 0.717) is 28.4 Å². The molecule has 0 aliphatic rings. The van der Waals surface area contributed by atoms with Crippen molar-refractivity contribution < 1.29 is 23.7 Å². The second kappa shape index (κ2) is 10.7. The molecule has 0 unspecified atom stereocenters. The fraction of sp³-hybridized carbons (Fsp3) is 0.174. The lowest BCUT2D eigenvalue weighted by molar-refractivity contribution is -0.385. The highest BCUT2D eigenvalue weighted by Crippen LogP contribution is 2.30. The molecule has 0 aliphatic heterocycles.